The normalized spacial score (nSPS) is 13.3. The molecule has 7 nitrogen and oxygen atoms in total. The van der Waals surface area contributed by atoms with Crippen molar-refractivity contribution in [2.45, 2.75) is 25.7 Å². The molecule has 7 heteroatoms. The minimum absolute atomic E-state index is 0.102. The molecule has 160 valence electrons. The molecule has 0 spiro atoms. The molecule has 0 atom stereocenters. The van der Waals surface area contributed by atoms with E-state index >= 15 is 0 Å². The van der Waals surface area contributed by atoms with Crippen LogP contribution in [-0.2, 0) is 16.0 Å². The lowest BCUT2D eigenvalue weighted by Crippen LogP contribution is -2.21. The highest BCUT2D eigenvalue weighted by Crippen LogP contribution is 2.30. The Bertz CT molecular complexity index is 1060. The molecule has 1 aliphatic heterocycles. The van der Waals surface area contributed by atoms with Gasteiger partial charge in [0.15, 0.2) is 0 Å². The van der Waals surface area contributed by atoms with Crippen LogP contribution < -0.4 is 10.2 Å². The number of aryl methyl sites for hydroxylation is 1. The maximum atomic E-state index is 12.7. The molecule has 1 fully saturated rings. The second kappa shape index (κ2) is 9.47. The summed E-state index contributed by atoms with van der Waals surface area (Å²) in [4.78, 5) is 26.9. The second-order valence-corrected chi connectivity index (χ2v) is 7.59. The summed E-state index contributed by atoms with van der Waals surface area (Å²) in [7, 11) is 1.35. The summed E-state index contributed by atoms with van der Waals surface area (Å²) < 4.78 is 6.64. The first-order valence-electron chi connectivity index (χ1n) is 10.5. The van der Waals surface area contributed by atoms with E-state index in [1.165, 1.54) is 7.11 Å². The average molecular weight is 418 g/mol. The number of hydrogen-bond donors (Lipinski definition) is 1. The molecule has 31 heavy (non-hydrogen) atoms. The number of anilines is 2. The lowest BCUT2D eigenvalue weighted by Gasteiger charge is -2.22. The number of aromatic nitrogens is 2. The second-order valence-electron chi connectivity index (χ2n) is 7.59. The fourth-order valence-electron chi connectivity index (χ4n) is 3.80. The van der Waals surface area contributed by atoms with Gasteiger partial charge in [0, 0.05) is 25.7 Å². The summed E-state index contributed by atoms with van der Waals surface area (Å²) in [5, 5.41) is 7.38. The fourth-order valence-corrected chi connectivity index (χ4v) is 3.80. The average Bonchev–Trinajstić information content (AvgIpc) is 3.50. The summed E-state index contributed by atoms with van der Waals surface area (Å²) in [6.07, 6.45) is 6.87. The molecule has 1 saturated heterocycles. The monoisotopic (exact) mass is 418 g/mol. The van der Waals surface area contributed by atoms with Gasteiger partial charge in [-0.3, -0.25) is 4.79 Å². The Morgan fingerprint density at radius 3 is 2.61 bits per heavy atom. The van der Waals surface area contributed by atoms with Gasteiger partial charge in [-0.1, -0.05) is 18.2 Å². The molecule has 0 aliphatic carbocycles. The third-order valence-corrected chi connectivity index (χ3v) is 5.44. The molecule has 0 bridgehead atoms. The van der Waals surface area contributed by atoms with Crippen LogP contribution in [0.4, 0.5) is 11.4 Å². The van der Waals surface area contributed by atoms with Gasteiger partial charge in [0.2, 0.25) is 5.91 Å². The van der Waals surface area contributed by atoms with Crippen molar-refractivity contribution >= 4 is 23.3 Å². The number of carbonyl (C=O) groups is 2. The number of methoxy groups -OCH3 is 1. The van der Waals surface area contributed by atoms with Crippen LogP contribution in [0.15, 0.2) is 60.9 Å². The number of nitrogens with one attached hydrogen (secondary N) is 1. The quantitative estimate of drug-likeness (QED) is 0.590. The summed E-state index contributed by atoms with van der Waals surface area (Å²) in [6, 6.07) is 15.2. The highest BCUT2D eigenvalue weighted by atomic mass is 16.5. The minimum atomic E-state index is -0.420. The maximum absolute atomic E-state index is 12.7. The third kappa shape index (κ3) is 4.94. The van der Waals surface area contributed by atoms with Gasteiger partial charge < -0.3 is 15.0 Å². The first-order valence-corrected chi connectivity index (χ1v) is 10.5. The van der Waals surface area contributed by atoms with Crippen LogP contribution in [0.25, 0.3) is 5.69 Å². The predicted molar refractivity (Wildman–Crippen MR) is 120 cm³/mol. The van der Waals surface area contributed by atoms with E-state index < -0.39 is 5.97 Å². The van der Waals surface area contributed by atoms with Crippen molar-refractivity contribution in [2.75, 3.05) is 30.4 Å². The Morgan fingerprint density at radius 2 is 1.87 bits per heavy atom. The van der Waals surface area contributed by atoms with E-state index in [0.717, 1.165) is 42.9 Å². The zero-order valence-electron chi connectivity index (χ0n) is 17.6. The van der Waals surface area contributed by atoms with Crippen molar-refractivity contribution < 1.29 is 14.3 Å². The molecular formula is C24H26N4O3. The number of carbonyl (C=O) groups excluding carboxylic acids is 2. The van der Waals surface area contributed by atoms with Crippen molar-refractivity contribution in [3.8, 4) is 5.69 Å². The number of ether oxygens (including phenoxy) is 1. The van der Waals surface area contributed by atoms with Crippen molar-refractivity contribution in [3.63, 3.8) is 0 Å². The van der Waals surface area contributed by atoms with Gasteiger partial charge in [-0.15, -0.1) is 0 Å². The zero-order valence-corrected chi connectivity index (χ0v) is 17.6. The minimum Gasteiger partial charge on any atom is -0.465 e. The number of para-hydroxylation sites is 1. The summed E-state index contributed by atoms with van der Waals surface area (Å²) in [5.41, 5.74) is 3.98. The van der Waals surface area contributed by atoms with Crippen molar-refractivity contribution in [2.24, 2.45) is 0 Å². The number of rotatable bonds is 7. The van der Waals surface area contributed by atoms with Gasteiger partial charge in [-0.2, -0.15) is 5.10 Å². The maximum Gasteiger partial charge on any atom is 0.337 e. The molecule has 1 N–H and O–H groups in total. The van der Waals surface area contributed by atoms with Gasteiger partial charge in [0.05, 0.1) is 35.9 Å². The highest BCUT2D eigenvalue weighted by Gasteiger charge is 2.19. The highest BCUT2D eigenvalue weighted by molar-refractivity contribution is 5.98. The van der Waals surface area contributed by atoms with E-state index in [4.69, 9.17) is 4.74 Å². The lowest BCUT2D eigenvalue weighted by atomic mass is 10.1. The molecule has 2 aromatic carbocycles. The zero-order chi connectivity index (χ0) is 21.6. The summed E-state index contributed by atoms with van der Waals surface area (Å²) in [5.74, 6) is -0.522. The Kier molecular flexibility index (Phi) is 6.31. The van der Waals surface area contributed by atoms with Crippen LogP contribution in [0.5, 0.6) is 0 Å². The van der Waals surface area contributed by atoms with Crippen LogP contribution in [0.2, 0.25) is 0 Å². The first kappa shape index (κ1) is 20.7. The first-order chi connectivity index (χ1) is 15.1. The molecule has 0 unspecified atom stereocenters. The largest absolute Gasteiger partial charge is 0.465 e. The van der Waals surface area contributed by atoms with Crippen molar-refractivity contribution in [3.05, 3.63) is 72.1 Å². The Morgan fingerprint density at radius 1 is 1.10 bits per heavy atom. The van der Waals surface area contributed by atoms with E-state index in [0.29, 0.717) is 24.1 Å². The van der Waals surface area contributed by atoms with Crippen LogP contribution in [0, 0.1) is 0 Å². The number of benzene rings is 2. The number of nitrogens with zero attached hydrogens (tertiary/aromatic N) is 3. The topological polar surface area (TPSA) is 76.5 Å². The van der Waals surface area contributed by atoms with E-state index in [9.17, 15) is 9.59 Å². The van der Waals surface area contributed by atoms with E-state index in [-0.39, 0.29) is 5.91 Å². The van der Waals surface area contributed by atoms with Crippen molar-refractivity contribution in [1.29, 1.82) is 0 Å². The van der Waals surface area contributed by atoms with Crippen LogP contribution in [-0.4, -0.2) is 41.9 Å². The van der Waals surface area contributed by atoms with Crippen LogP contribution in [0.1, 0.15) is 35.2 Å². The van der Waals surface area contributed by atoms with Gasteiger partial charge >= 0.3 is 5.97 Å². The van der Waals surface area contributed by atoms with Gasteiger partial charge in [0.25, 0.3) is 0 Å². The SMILES string of the molecule is COC(=O)c1ccc(N2CCCC2)c(NC(=O)CCc2cnn(-c3ccccc3)c2)c1. The Balaban J connectivity index is 1.44. The fraction of sp³-hybridized carbons (Fsp3) is 0.292. The van der Waals surface area contributed by atoms with Crippen LogP contribution >= 0.6 is 0 Å². The smallest absolute Gasteiger partial charge is 0.337 e. The molecule has 1 aromatic heterocycles. The molecule has 3 aromatic rings. The summed E-state index contributed by atoms with van der Waals surface area (Å²) in [6.45, 7) is 1.89. The molecule has 1 amide bonds. The van der Waals surface area contributed by atoms with E-state index in [1.54, 1.807) is 23.0 Å². The van der Waals surface area contributed by atoms with Gasteiger partial charge in [-0.05, 0) is 55.2 Å². The molecule has 0 saturated carbocycles. The predicted octanol–water partition coefficient (Wildman–Crippen LogP) is 3.83. The van der Waals surface area contributed by atoms with E-state index in [1.807, 2.05) is 42.6 Å². The standard InChI is InChI=1S/C24H26N4O3/c1-31-24(30)19-10-11-22(27-13-5-6-14-27)21(15-19)26-23(29)12-9-18-16-25-28(17-18)20-7-3-2-4-8-20/h2-4,7-8,10-11,15-17H,5-6,9,12-14H2,1H3,(H,26,29). The number of amides is 1. The third-order valence-electron chi connectivity index (χ3n) is 5.44. The number of esters is 1. The molecule has 2 heterocycles. The molecule has 0 radical (unpaired) electrons. The van der Waals surface area contributed by atoms with Gasteiger partial charge in [0.1, 0.15) is 0 Å². The van der Waals surface area contributed by atoms with E-state index in [2.05, 4.69) is 15.3 Å². The Labute approximate surface area is 181 Å². The lowest BCUT2D eigenvalue weighted by molar-refractivity contribution is -0.116. The number of hydrogen-bond acceptors (Lipinski definition) is 5. The van der Waals surface area contributed by atoms with Crippen LogP contribution in [0.3, 0.4) is 0 Å². The van der Waals surface area contributed by atoms with Gasteiger partial charge in [-0.25, -0.2) is 9.48 Å². The molecule has 4 rings (SSSR count). The molecule has 1 aliphatic rings. The van der Waals surface area contributed by atoms with Crippen molar-refractivity contribution in [1.82, 2.24) is 9.78 Å². The Hall–Kier alpha value is -3.61. The molecular weight excluding hydrogens is 392 g/mol. The summed E-state index contributed by atoms with van der Waals surface area (Å²) >= 11 is 0.